The molecule has 8 heteroatoms. The summed E-state index contributed by atoms with van der Waals surface area (Å²) in [4.78, 5) is 18.0. The summed E-state index contributed by atoms with van der Waals surface area (Å²) >= 11 is 1.62. The molecule has 1 N–H and O–H groups in total. The summed E-state index contributed by atoms with van der Waals surface area (Å²) in [7, 11) is -3.97. The maximum Gasteiger partial charge on any atom is 0.264 e. The summed E-state index contributed by atoms with van der Waals surface area (Å²) in [6, 6.07) is 29.1. The van der Waals surface area contributed by atoms with Gasteiger partial charge in [-0.2, -0.15) is 0 Å². The van der Waals surface area contributed by atoms with Crippen LogP contribution in [0, 0.1) is 6.92 Å². The summed E-state index contributed by atoms with van der Waals surface area (Å²) in [5.74, 6) is -0.137. The maximum absolute atomic E-state index is 13.6. The van der Waals surface area contributed by atoms with Crippen molar-refractivity contribution in [1.82, 2.24) is 4.98 Å². The highest BCUT2D eigenvalue weighted by atomic mass is 32.2. The van der Waals surface area contributed by atoms with Gasteiger partial charge in [0.1, 0.15) is 11.6 Å². The summed E-state index contributed by atoms with van der Waals surface area (Å²) < 4.78 is 29.4. The molecule has 0 saturated carbocycles. The smallest absolute Gasteiger partial charge is 0.264 e. The summed E-state index contributed by atoms with van der Waals surface area (Å²) in [6.07, 6.45) is 0. The van der Waals surface area contributed by atoms with Crippen molar-refractivity contribution in [2.45, 2.75) is 31.6 Å². The number of carbonyl (C=O) groups excluding carboxylic acids is 1. The first-order valence-corrected chi connectivity index (χ1v) is 14.9. The molecule has 0 aliphatic carbocycles. The number of fused-ring (bicyclic) bond motifs is 1. The molecule has 5 aromatic rings. The normalized spacial score (nSPS) is 11.6. The first-order valence-electron chi connectivity index (χ1n) is 12.7. The number of hydrogen-bond donors (Lipinski definition) is 1. The quantitative estimate of drug-likeness (QED) is 0.219. The Bertz CT molecular complexity index is 1710. The third-order valence-electron chi connectivity index (χ3n) is 6.43. The molecule has 5 rings (SSSR count). The topological polar surface area (TPSA) is 79.4 Å². The van der Waals surface area contributed by atoms with E-state index in [0.29, 0.717) is 17.3 Å². The van der Waals surface area contributed by atoms with Crippen LogP contribution in [-0.4, -0.2) is 25.9 Å². The van der Waals surface area contributed by atoms with Crippen molar-refractivity contribution in [1.29, 1.82) is 0 Å². The lowest BCUT2D eigenvalue weighted by Gasteiger charge is -2.24. The highest BCUT2D eigenvalue weighted by Crippen LogP contribution is 2.31. The van der Waals surface area contributed by atoms with Crippen molar-refractivity contribution in [2.24, 2.45) is 0 Å². The molecule has 0 unspecified atom stereocenters. The zero-order valence-electron chi connectivity index (χ0n) is 22.0. The number of thiazole rings is 1. The maximum atomic E-state index is 13.6. The van der Waals surface area contributed by atoms with Crippen LogP contribution in [0.3, 0.4) is 0 Å². The molecule has 6 nitrogen and oxygen atoms in total. The van der Waals surface area contributed by atoms with E-state index in [-0.39, 0.29) is 11.4 Å². The Kier molecular flexibility index (Phi) is 7.50. The van der Waals surface area contributed by atoms with Crippen molar-refractivity contribution < 1.29 is 13.2 Å². The van der Waals surface area contributed by atoms with Gasteiger partial charge in [-0.25, -0.2) is 13.4 Å². The van der Waals surface area contributed by atoms with E-state index in [0.717, 1.165) is 30.7 Å². The molecule has 0 spiro atoms. The minimum atomic E-state index is -3.97. The van der Waals surface area contributed by atoms with Crippen LogP contribution < -0.4 is 9.62 Å². The number of rotatable bonds is 8. The Morgan fingerprint density at radius 1 is 0.923 bits per heavy atom. The zero-order valence-corrected chi connectivity index (χ0v) is 23.6. The van der Waals surface area contributed by atoms with E-state index in [1.165, 1.54) is 17.7 Å². The second-order valence-electron chi connectivity index (χ2n) is 9.69. The van der Waals surface area contributed by atoms with E-state index < -0.39 is 15.9 Å². The van der Waals surface area contributed by atoms with E-state index in [9.17, 15) is 13.2 Å². The average Bonchev–Trinajstić information content (AvgIpc) is 3.36. The highest BCUT2D eigenvalue weighted by molar-refractivity contribution is 7.92. The Balaban J connectivity index is 1.36. The minimum absolute atomic E-state index is 0.126. The third kappa shape index (κ3) is 5.87. The molecule has 0 atom stereocenters. The van der Waals surface area contributed by atoms with Crippen LogP contribution in [0.25, 0.3) is 20.8 Å². The number of nitrogens with zero attached hydrogens (tertiary/aromatic N) is 2. The number of hydrogen-bond acceptors (Lipinski definition) is 5. The molecule has 1 heterocycles. The number of carbonyl (C=O) groups is 1. The van der Waals surface area contributed by atoms with E-state index >= 15 is 0 Å². The molecule has 39 heavy (non-hydrogen) atoms. The number of sulfonamides is 1. The molecule has 0 radical (unpaired) electrons. The van der Waals surface area contributed by atoms with Gasteiger partial charge in [0.15, 0.2) is 0 Å². The van der Waals surface area contributed by atoms with Crippen LogP contribution in [-0.2, 0) is 14.8 Å². The Hall–Kier alpha value is -4.01. The van der Waals surface area contributed by atoms with Crippen LogP contribution >= 0.6 is 11.3 Å². The SMILES string of the molecule is Cc1ccc2nc(-c3ccc(NC(=O)CN(c4ccc(C(C)C)cc4)S(=O)(=O)c4ccccc4)cc3)sc2c1. The molecule has 4 aromatic carbocycles. The number of amides is 1. The molecular formula is C31H29N3O3S2. The van der Waals surface area contributed by atoms with Crippen LogP contribution in [0.1, 0.15) is 30.9 Å². The van der Waals surface area contributed by atoms with Crippen molar-refractivity contribution in [2.75, 3.05) is 16.2 Å². The van der Waals surface area contributed by atoms with Gasteiger partial charge in [0.05, 0.1) is 20.8 Å². The monoisotopic (exact) mass is 555 g/mol. The first-order chi connectivity index (χ1) is 18.7. The predicted molar refractivity (Wildman–Crippen MR) is 160 cm³/mol. The van der Waals surface area contributed by atoms with Crippen LogP contribution in [0.5, 0.6) is 0 Å². The van der Waals surface area contributed by atoms with Gasteiger partial charge in [0, 0.05) is 11.3 Å². The fourth-order valence-corrected chi connectivity index (χ4v) is 6.75. The van der Waals surface area contributed by atoms with Gasteiger partial charge in [-0.15, -0.1) is 11.3 Å². The Morgan fingerprint density at radius 3 is 2.28 bits per heavy atom. The first kappa shape index (κ1) is 26.6. The van der Waals surface area contributed by atoms with Gasteiger partial charge in [0.25, 0.3) is 10.0 Å². The number of benzene rings is 4. The zero-order chi connectivity index (χ0) is 27.6. The lowest BCUT2D eigenvalue weighted by Crippen LogP contribution is -2.38. The second-order valence-corrected chi connectivity index (χ2v) is 12.6. The highest BCUT2D eigenvalue weighted by Gasteiger charge is 2.27. The average molecular weight is 556 g/mol. The van der Waals surface area contributed by atoms with E-state index in [1.807, 2.05) is 36.4 Å². The molecule has 0 aliphatic heterocycles. The van der Waals surface area contributed by atoms with Crippen molar-refractivity contribution in [3.05, 3.63) is 108 Å². The number of anilines is 2. The lowest BCUT2D eigenvalue weighted by molar-refractivity contribution is -0.114. The van der Waals surface area contributed by atoms with Gasteiger partial charge in [0.2, 0.25) is 5.91 Å². The predicted octanol–water partition coefficient (Wildman–Crippen LogP) is 7.23. The molecule has 0 saturated heterocycles. The molecule has 0 aliphatic rings. The third-order valence-corrected chi connectivity index (χ3v) is 9.28. The molecule has 0 fully saturated rings. The van der Waals surface area contributed by atoms with Crippen molar-refractivity contribution in [3.8, 4) is 10.6 Å². The van der Waals surface area contributed by atoms with Gasteiger partial charge >= 0.3 is 0 Å². The number of nitrogens with one attached hydrogen (secondary N) is 1. The molecular weight excluding hydrogens is 526 g/mol. The number of aryl methyl sites for hydroxylation is 1. The minimum Gasteiger partial charge on any atom is -0.325 e. The van der Waals surface area contributed by atoms with Gasteiger partial charge in [-0.05, 0) is 84.6 Å². The Labute approximate surface area is 233 Å². The summed E-state index contributed by atoms with van der Waals surface area (Å²) in [6.45, 7) is 5.84. The van der Waals surface area contributed by atoms with Gasteiger partial charge < -0.3 is 5.32 Å². The molecule has 0 bridgehead atoms. The van der Waals surface area contributed by atoms with Crippen LogP contribution in [0.15, 0.2) is 102 Å². The fourth-order valence-electron chi connectivity index (χ4n) is 4.24. The lowest BCUT2D eigenvalue weighted by atomic mass is 10.0. The molecule has 1 aromatic heterocycles. The summed E-state index contributed by atoms with van der Waals surface area (Å²) in [5, 5.41) is 3.75. The van der Waals surface area contributed by atoms with Crippen molar-refractivity contribution >= 4 is 48.9 Å². The van der Waals surface area contributed by atoms with Gasteiger partial charge in [-0.3, -0.25) is 9.10 Å². The summed E-state index contributed by atoms with van der Waals surface area (Å²) in [5.41, 5.74) is 5.19. The standard InChI is InChI=1S/C31H29N3O3S2/c1-21(2)23-12-16-26(17-13-23)34(39(36,37)27-7-5-4-6-8-27)20-30(35)32-25-14-10-24(11-15-25)31-33-28-18-9-22(3)19-29(28)38-31/h4-19,21H,20H2,1-3H3,(H,32,35). The van der Waals surface area contributed by atoms with E-state index in [2.05, 4.69) is 32.2 Å². The number of aromatic nitrogens is 1. The van der Waals surface area contributed by atoms with Gasteiger partial charge in [-0.1, -0.05) is 50.2 Å². The van der Waals surface area contributed by atoms with E-state index in [1.54, 1.807) is 53.8 Å². The molecule has 1 amide bonds. The van der Waals surface area contributed by atoms with Crippen molar-refractivity contribution in [3.63, 3.8) is 0 Å². The fraction of sp³-hybridized carbons (Fsp3) is 0.161. The Morgan fingerprint density at radius 2 is 1.62 bits per heavy atom. The second kappa shape index (κ2) is 11.0. The largest absolute Gasteiger partial charge is 0.325 e. The van der Waals surface area contributed by atoms with E-state index in [4.69, 9.17) is 4.98 Å². The van der Waals surface area contributed by atoms with Crippen LogP contribution in [0.4, 0.5) is 11.4 Å². The van der Waals surface area contributed by atoms with Crippen LogP contribution in [0.2, 0.25) is 0 Å². The molecule has 198 valence electrons.